The van der Waals surface area contributed by atoms with Crippen LogP contribution in [0.15, 0.2) is 29.3 Å². The van der Waals surface area contributed by atoms with Crippen LogP contribution in [0, 0.1) is 6.92 Å². The molecule has 0 amide bonds. The Labute approximate surface area is 85.1 Å². The molecular formula is C13H16O. The first kappa shape index (κ1) is 9.47. The quantitative estimate of drug-likeness (QED) is 0.621. The highest BCUT2D eigenvalue weighted by Gasteiger charge is 2.25. The molecule has 0 spiro atoms. The number of hydrogen-bond donors (Lipinski definition) is 1. The molecule has 0 aromatic heterocycles. The third-order valence-corrected chi connectivity index (χ3v) is 2.95. The summed E-state index contributed by atoms with van der Waals surface area (Å²) < 4.78 is 0. The minimum atomic E-state index is -0.366. The van der Waals surface area contributed by atoms with E-state index in [4.69, 9.17) is 0 Å². The van der Waals surface area contributed by atoms with Crippen molar-refractivity contribution in [3.05, 3.63) is 46.0 Å². The van der Waals surface area contributed by atoms with Crippen molar-refractivity contribution in [3.8, 4) is 0 Å². The highest BCUT2D eigenvalue weighted by Crippen LogP contribution is 2.37. The van der Waals surface area contributed by atoms with E-state index >= 15 is 0 Å². The number of benzene rings is 1. The number of rotatable bonds is 0. The van der Waals surface area contributed by atoms with Gasteiger partial charge in [-0.15, -0.1) is 0 Å². The Morgan fingerprint density at radius 3 is 2.71 bits per heavy atom. The molecule has 0 saturated carbocycles. The van der Waals surface area contributed by atoms with Gasteiger partial charge in [-0.3, -0.25) is 0 Å². The van der Waals surface area contributed by atoms with Crippen LogP contribution in [0.3, 0.4) is 0 Å². The lowest BCUT2D eigenvalue weighted by Crippen LogP contribution is -1.95. The van der Waals surface area contributed by atoms with Crippen LogP contribution < -0.4 is 0 Å². The fourth-order valence-electron chi connectivity index (χ4n) is 2.07. The van der Waals surface area contributed by atoms with Crippen LogP contribution in [0.5, 0.6) is 0 Å². The third kappa shape index (κ3) is 1.38. The first-order chi connectivity index (χ1) is 6.59. The zero-order valence-corrected chi connectivity index (χ0v) is 8.96. The Morgan fingerprint density at radius 1 is 1.36 bits per heavy atom. The summed E-state index contributed by atoms with van der Waals surface area (Å²) in [5.74, 6) is 0. The Bertz CT molecular complexity index is 398. The van der Waals surface area contributed by atoms with Gasteiger partial charge in [0, 0.05) is 0 Å². The standard InChI is InChI=1S/C13H16O/c1-8(2)11-7-10-5-4-9(3)6-12(10)13(11)14/h4-6,13-14H,7H2,1-3H3. The Balaban J connectivity index is 2.51. The SMILES string of the molecule is CC(C)=C1Cc2ccc(C)cc2C1O. The minimum Gasteiger partial charge on any atom is -0.384 e. The normalized spacial score (nSPS) is 19.7. The topological polar surface area (TPSA) is 20.2 Å². The van der Waals surface area contributed by atoms with Gasteiger partial charge in [-0.1, -0.05) is 29.3 Å². The number of aliphatic hydroxyl groups is 1. The molecule has 1 aliphatic rings. The van der Waals surface area contributed by atoms with E-state index in [1.807, 2.05) is 0 Å². The number of hydrogen-bond acceptors (Lipinski definition) is 1. The van der Waals surface area contributed by atoms with Crippen LogP contribution in [0.2, 0.25) is 0 Å². The predicted octanol–water partition coefficient (Wildman–Crippen LogP) is 2.92. The lowest BCUT2D eigenvalue weighted by atomic mass is 10.0. The molecule has 2 rings (SSSR count). The summed E-state index contributed by atoms with van der Waals surface area (Å²) in [5.41, 5.74) is 6.01. The van der Waals surface area contributed by atoms with Gasteiger partial charge in [-0.25, -0.2) is 0 Å². The van der Waals surface area contributed by atoms with Crippen LogP contribution in [0.1, 0.15) is 36.6 Å². The van der Waals surface area contributed by atoms with Crippen molar-refractivity contribution in [2.75, 3.05) is 0 Å². The number of aliphatic hydroxyl groups excluding tert-OH is 1. The van der Waals surface area contributed by atoms with Crippen molar-refractivity contribution in [3.63, 3.8) is 0 Å². The van der Waals surface area contributed by atoms with Gasteiger partial charge < -0.3 is 5.11 Å². The Kier molecular flexibility index (Phi) is 2.20. The molecule has 1 N–H and O–H groups in total. The molecule has 14 heavy (non-hydrogen) atoms. The molecule has 0 fully saturated rings. The van der Waals surface area contributed by atoms with Crippen molar-refractivity contribution >= 4 is 0 Å². The number of fused-ring (bicyclic) bond motifs is 1. The summed E-state index contributed by atoms with van der Waals surface area (Å²) in [5, 5.41) is 10.1. The van der Waals surface area contributed by atoms with E-state index in [0.717, 1.165) is 12.0 Å². The van der Waals surface area contributed by atoms with Crippen LogP contribution >= 0.6 is 0 Å². The molecule has 0 aliphatic heterocycles. The maximum atomic E-state index is 10.1. The first-order valence-electron chi connectivity index (χ1n) is 5.03. The first-order valence-corrected chi connectivity index (χ1v) is 5.03. The maximum Gasteiger partial charge on any atom is 0.101 e. The molecule has 1 unspecified atom stereocenters. The largest absolute Gasteiger partial charge is 0.384 e. The molecule has 1 nitrogen and oxygen atoms in total. The minimum absolute atomic E-state index is 0.366. The van der Waals surface area contributed by atoms with Crippen molar-refractivity contribution in [1.82, 2.24) is 0 Å². The third-order valence-electron chi connectivity index (χ3n) is 2.95. The Hall–Kier alpha value is -1.08. The van der Waals surface area contributed by atoms with Crippen LogP contribution in [-0.2, 0) is 6.42 Å². The van der Waals surface area contributed by atoms with Gasteiger partial charge in [0.2, 0.25) is 0 Å². The zero-order valence-electron chi connectivity index (χ0n) is 8.96. The van der Waals surface area contributed by atoms with Crippen LogP contribution in [0.25, 0.3) is 0 Å². The van der Waals surface area contributed by atoms with Gasteiger partial charge in [-0.2, -0.15) is 0 Å². The van der Waals surface area contributed by atoms with Crippen molar-refractivity contribution in [1.29, 1.82) is 0 Å². The molecule has 1 aromatic rings. The van der Waals surface area contributed by atoms with E-state index in [0.29, 0.717) is 0 Å². The van der Waals surface area contributed by atoms with Crippen LogP contribution in [0.4, 0.5) is 0 Å². The molecule has 0 saturated heterocycles. The second-order valence-electron chi connectivity index (χ2n) is 4.31. The molecule has 1 heteroatoms. The van der Waals surface area contributed by atoms with Gasteiger partial charge in [-0.05, 0) is 43.9 Å². The maximum absolute atomic E-state index is 10.1. The molecule has 0 heterocycles. The summed E-state index contributed by atoms with van der Waals surface area (Å²) in [6.07, 6.45) is 0.550. The van der Waals surface area contributed by atoms with Crippen molar-refractivity contribution in [2.24, 2.45) is 0 Å². The molecule has 1 aliphatic carbocycles. The zero-order chi connectivity index (χ0) is 10.3. The second kappa shape index (κ2) is 3.25. The van der Waals surface area contributed by atoms with Crippen molar-refractivity contribution in [2.45, 2.75) is 33.3 Å². The lowest BCUT2D eigenvalue weighted by molar-refractivity contribution is 0.220. The molecule has 74 valence electrons. The fourth-order valence-corrected chi connectivity index (χ4v) is 2.07. The highest BCUT2D eigenvalue weighted by molar-refractivity contribution is 5.46. The molecule has 1 aromatic carbocycles. The van der Waals surface area contributed by atoms with Gasteiger partial charge in [0.25, 0.3) is 0 Å². The fraction of sp³-hybridized carbons (Fsp3) is 0.385. The van der Waals surface area contributed by atoms with E-state index in [1.165, 1.54) is 22.3 Å². The molecule has 0 bridgehead atoms. The average molecular weight is 188 g/mol. The van der Waals surface area contributed by atoms with Crippen LogP contribution in [-0.4, -0.2) is 5.11 Å². The van der Waals surface area contributed by atoms with E-state index < -0.39 is 0 Å². The Morgan fingerprint density at radius 2 is 2.07 bits per heavy atom. The van der Waals surface area contributed by atoms with Gasteiger partial charge in [0.15, 0.2) is 0 Å². The number of aryl methyl sites for hydroxylation is 1. The van der Waals surface area contributed by atoms with Gasteiger partial charge in [0.1, 0.15) is 6.10 Å². The number of allylic oxidation sites excluding steroid dienone is 1. The smallest absolute Gasteiger partial charge is 0.101 e. The van der Waals surface area contributed by atoms with E-state index in [2.05, 4.69) is 39.0 Å². The molecule has 1 atom stereocenters. The molecular weight excluding hydrogens is 172 g/mol. The summed E-state index contributed by atoms with van der Waals surface area (Å²) >= 11 is 0. The summed E-state index contributed by atoms with van der Waals surface area (Å²) in [4.78, 5) is 0. The second-order valence-corrected chi connectivity index (χ2v) is 4.31. The highest BCUT2D eigenvalue weighted by atomic mass is 16.3. The average Bonchev–Trinajstić information content (AvgIpc) is 2.44. The monoisotopic (exact) mass is 188 g/mol. The predicted molar refractivity (Wildman–Crippen MR) is 58.2 cm³/mol. The summed E-state index contributed by atoms with van der Waals surface area (Å²) in [6, 6.07) is 6.33. The van der Waals surface area contributed by atoms with Gasteiger partial charge >= 0.3 is 0 Å². The molecule has 0 radical (unpaired) electrons. The van der Waals surface area contributed by atoms with E-state index in [9.17, 15) is 5.11 Å². The van der Waals surface area contributed by atoms with E-state index in [1.54, 1.807) is 0 Å². The summed E-state index contributed by atoms with van der Waals surface area (Å²) in [6.45, 7) is 6.20. The lowest BCUT2D eigenvalue weighted by Gasteiger charge is -2.07. The summed E-state index contributed by atoms with van der Waals surface area (Å²) in [7, 11) is 0. The van der Waals surface area contributed by atoms with Crippen molar-refractivity contribution < 1.29 is 5.11 Å². The van der Waals surface area contributed by atoms with Gasteiger partial charge in [0.05, 0.1) is 0 Å². The van der Waals surface area contributed by atoms with E-state index in [-0.39, 0.29) is 6.10 Å².